The normalized spacial score (nSPS) is 23.9. The lowest BCUT2D eigenvalue weighted by Gasteiger charge is -2.34. The van der Waals surface area contributed by atoms with Crippen molar-refractivity contribution in [2.45, 2.75) is 17.8 Å². The Hall–Kier alpha value is -2.26. The van der Waals surface area contributed by atoms with E-state index < -0.39 is 20.9 Å². The van der Waals surface area contributed by atoms with Gasteiger partial charge in [-0.05, 0) is 23.6 Å². The average molecular weight is 376 g/mol. The second-order valence-corrected chi connectivity index (χ2v) is 8.36. The molecule has 1 aromatic carbocycles. The summed E-state index contributed by atoms with van der Waals surface area (Å²) < 4.78 is 26.9. The van der Waals surface area contributed by atoms with Crippen molar-refractivity contribution in [3.63, 3.8) is 0 Å². The van der Waals surface area contributed by atoms with Gasteiger partial charge in [-0.1, -0.05) is 48.6 Å². The number of rotatable bonds is 4. The van der Waals surface area contributed by atoms with Gasteiger partial charge in [0.25, 0.3) is 5.91 Å². The molecule has 1 aliphatic heterocycles. The van der Waals surface area contributed by atoms with Crippen molar-refractivity contribution in [3.05, 3.63) is 65.8 Å². The van der Waals surface area contributed by atoms with Crippen LogP contribution in [-0.4, -0.2) is 47.0 Å². The minimum Gasteiger partial charge on any atom is -0.370 e. The lowest BCUT2D eigenvalue weighted by Crippen LogP contribution is -2.49. The zero-order valence-electron chi connectivity index (χ0n) is 14.0. The van der Waals surface area contributed by atoms with Crippen molar-refractivity contribution in [2.75, 3.05) is 13.1 Å². The number of nitrogens with zero attached hydrogens (tertiary/aromatic N) is 1. The average Bonchev–Trinajstić information content (AvgIpc) is 2.68. The number of aliphatic hydroxyl groups is 1. The number of hydrogen-bond acceptors (Lipinski definition) is 5. The van der Waals surface area contributed by atoms with E-state index in [4.69, 9.17) is 5.21 Å². The highest BCUT2D eigenvalue weighted by atomic mass is 32.2. The molecule has 1 heterocycles. The van der Waals surface area contributed by atoms with Gasteiger partial charge in [0.15, 0.2) is 0 Å². The van der Waals surface area contributed by atoms with Crippen LogP contribution >= 0.6 is 0 Å². The summed E-state index contributed by atoms with van der Waals surface area (Å²) in [4.78, 5) is 9.38. The molecular formula is C18H20N2O5S. The quantitative estimate of drug-likeness (QED) is 0.540. The summed E-state index contributed by atoms with van der Waals surface area (Å²) in [7, 11) is -4.03. The van der Waals surface area contributed by atoms with Crippen LogP contribution in [0.1, 0.15) is 18.4 Å². The van der Waals surface area contributed by atoms with Gasteiger partial charge < -0.3 is 5.11 Å². The number of amides is 1. The number of nitrogens with one attached hydrogen (secondary N) is 1. The molecule has 3 N–H and O–H groups in total. The van der Waals surface area contributed by atoms with Crippen LogP contribution in [0, 0.1) is 0 Å². The molecule has 0 spiro atoms. The number of carbonyl (C=O) groups excluding carboxylic acids is 1. The van der Waals surface area contributed by atoms with E-state index in [1.807, 2.05) is 30.3 Å². The van der Waals surface area contributed by atoms with Crippen LogP contribution in [-0.2, 0) is 14.8 Å². The predicted octanol–water partition coefficient (Wildman–Crippen LogP) is 1.19. The van der Waals surface area contributed by atoms with Crippen molar-refractivity contribution in [3.8, 4) is 0 Å². The van der Waals surface area contributed by atoms with Crippen molar-refractivity contribution in [1.29, 1.82) is 0 Å². The first-order chi connectivity index (χ1) is 12.4. The first kappa shape index (κ1) is 18.5. The third kappa shape index (κ3) is 3.36. The van der Waals surface area contributed by atoms with Crippen molar-refractivity contribution in [1.82, 2.24) is 9.79 Å². The highest BCUT2D eigenvalue weighted by molar-refractivity contribution is 7.90. The molecule has 1 unspecified atom stereocenters. The summed E-state index contributed by atoms with van der Waals surface area (Å²) in [6.45, 7) is 0.0312. The van der Waals surface area contributed by atoms with Gasteiger partial charge in [-0.15, -0.1) is 0 Å². The summed E-state index contributed by atoms with van der Waals surface area (Å²) in [6.07, 6.45) is 6.17. The summed E-state index contributed by atoms with van der Waals surface area (Å²) >= 11 is 0. The highest BCUT2D eigenvalue weighted by Gasteiger charge is 2.44. The number of allylic oxidation sites excluding steroid dienone is 2. The lowest BCUT2D eigenvalue weighted by molar-refractivity contribution is -0.125. The third-order valence-electron chi connectivity index (χ3n) is 4.60. The smallest absolute Gasteiger partial charge is 0.270 e. The number of hydroxylamine groups is 1. The molecule has 0 aromatic heterocycles. The zero-order chi connectivity index (χ0) is 18.8. The van der Waals surface area contributed by atoms with Gasteiger partial charge in [0.05, 0.1) is 0 Å². The van der Waals surface area contributed by atoms with Crippen LogP contribution in [0.2, 0.25) is 0 Å². The molecule has 0 radical (unpaired) electrons. The van der Waals surface area contributed by atoms with E-state index in [0.717, 1.165) is 15.4 Å². The number of benzene rings is 1. The fraction of sp³-hybridized carbons (Fsp3) is 0.278. The van der Waals surface area contributed by atoms with Crippen LogP contribution in [0.5, 0.6) is 0 Å². The predicted molar refractivity (Wildman–Crippen MR) is 96.2 cm³/mol. The standard InChI is InChI=1S/C18H20N2O5S/c21-17(19-23)16-8-12-20(13-9-16)26(24,25)18(22)10-6-15(7-11-18)14-4-2-1-3-5-14/h1-8,10,22-23H,9,11-13H2,(H,19,21). The van der Waals surface area contributed by atoms with E-state index in [1.165, 1.54) is 17.6 Å². The molecule has 1 aliphatic carbocycles. The topological polar surface area (TPSA) is 107 Å². The Morgan fingerprint density at radius 1 is 1.19 bits per heavy atom. The maximum Gasteiger partial charge on any atom is 0.270 e. The molecule has 26 heavy (non-hydrogen) atoms. The fourth-order valence-electron chi connectivity index (χ4n) is 3.02. The van der Waals surface area contributed by atoms with Crippen molar-refractivity contribution < 1.29 is 23.5 Å². The van der Waals surface area contributed by atoms with Gasteiger partial charge in [-0.3, -0.25) is 10.0 Å². The number of hydrogen-bond donors (Lipinski definition) is 3. The number of sulfonamides is 1. The second kappa shape index (κ2) is 7.16. The molecule has 3 rings (SSSR count). The Kier molecular flexibility index (Phi) is 5.10. The van der Waals surface area contributed by atoms with Gasteiger partial charge in [0, 0.05) is 25.1 Å². The molecule has 1 atom stereocenters. The lowest BCUT2D eigenvalue weighted by atomic mass is 9.98. The molecule has 138 valence electrons. The third-order valence-corrected chi connectivity index (χ3v) is 6.80. The summed E-state index contributed by atoms with van der Waals surface area (Å²) in [6, 6.07) is 9.51. The molecule has 8 heteroatoms. The first-order valence-electron chi connectivity index (χ1n) is 8.18. The number of carbonyl (C=O) groups is 1. The van der Waals surface area contributed by atoms with E-state index in [2.05, 4.69) is 0 Å². The molecule has 0 bridgehead atoms. The van der Waals surface area contributed by atoms with E-state index in [0.29, 0.717) is 5.57 Å². The van der Waals surface area contributed by atoms with Crippen LogP contribution in [0.15, 0.2) is 60.2 Å². The van der Waals surface area contributed by atoms with Gasteiger partial charge in [0.1, 0.15) is 0 Å². The fourth-order valence-corrected chi connectivity index (χ4v) is 4.60. The van der Waals surface area contributed by atoms with Gasteiger partial charge in [-0.25, -0.2) is 13.9 Å². The summed E-state index contributed by atoms with van der Waals surface area (Å²) in [5.74, 6) is -0.645. The highest BCUT2D eigenvalue weighted by Crippen LogP contribution is 2.33. The molecule has 7 nitrogen and oxygen atoms in total. The Morgan fingerprint density at radius 3 is 2.46 bits per heavy atom. The molecule has 2 aliphatic rings. The molecule has 1 aromatic rings. The van der Waals surface area contributed by atoms with E-state index >= 15 is 0 Å². The van der Waals surface area contributed by atoms with Crippen LogP contribution < -0.4 is 5.48 Å². The van der Waals surface area contributed by atoms with Gasteiger partial charge in [-0.2, -0.15) is 4.31 Å². The molecule has 0 saturated carbocycles. The van der Waals surface area contributed by atoms with Crippen molar-refractivity contribution >= 4 is 21.5 Å². The second-order valence-electron chi connectivity index (χ2n) is 6.19. The maximum absolute atomic E-state index is 12.9. The molecule has 1 amide bonds. The first-order valence-corrected chi connectivity index (χ1v) is 9.62. The van der Waals surface area contributed by atoms with E-state index in [-0.39, 0.29) is 25.9 Å². The minimum absolute atomic E-state index is 0.0313. The summed E-state index contributed by atoms with van der Waals surface area (Å²) in [5, 5.41) is 19.4. The molecule has 0 fully saturated rings. The monoisotopic (exact) mass is 376 g/mol. The Bertz CT molecular complexity index is 889. The minimum atomic E-state index is -4.03. The zero-order valence-corrected chi connectivity index (χ0v) is 14.8. The Labute approximate surface area is 152 Å². The van der Waals surface area contributed by atoms with Crippen molar-refractivity contribution in [2.24, 2.45) is 0 Å². The Morgan fingerprint density at radius 2 is 1.92 bits per heavy atom. The van der Waals surface area contributed by atoms with Gasteiger partial charge in [0.2, 0.25) is 15.0 Å². The summed E-state index contributed by atoms with van der Waals surface area (Å²) in [5.41, 5.74) is 3.65. The Balaban J connectivity index is 1.77. The van der Waals surface area contributed by atoms with Crippen LogP contribution in [0.3, 0.4) is 0 Å². The maximum atomic E-state index is 12.9. The van der Waals surface area contributed by atoms with E-state index in [1.54, 1.807) is 12.2 Å². The molecular weight excluding hydrogens is 356 g/mol. The van der Waals surface area contributed by atoms with Crippen LogP contribution in [0.4, 0.5) is 0 Å². The van der Waals surface area contributed by atoms with Gasteiger partial charge >= 0.3 is 0 Å². The largest absolute Gasteiger partial charge is 0.370 e. The SMILES string of the molecule is O=C(NO)C1=CCN(S(=O)(=O)C2(O)C=CC(c3ccccc3)=CC2)CC1. The van der Waals surface area contributed by atoms with E-state index in [9.17, 15) is 18.3 Å². The molecule has 0 saturated heterocycles. The van der Waals surface area contributed by atoms with Crippen LogP contribution in [0.25, 0.3) is 5.57 Å².